The van der Waals surface area contributed by atoms with Crippen LogP contribution in [0.25, 0.3) is 0 Å². The Morgan fingerprint density at radius 2 is 2.21 bits per heavy atom. The summed E-state index contributed by atoms with van der Waals surface area (Å²) in [5, 5.41) is 0. The van der Waals surface area contributed by atoms with Gasteiger partial charge in [-0.2, -0.15) is 0 Å². The highest BCUT2D eigenvalue weighted by atomic mass is 16.7. The number of hydrogen-bond acceptors (Lipinski definition) is 4. The van der Waals surface area contributed by atoms with Gasteiger partial charge in [0.25, 0.3) is 0 Å². The number of carbonyl (C=O) groups excluding carboxylic acids is 2. The van der Waals surface area contributed by atoms with Crippen LogP contribution in [0.3, 0.4) is 0 Å². The maximum Gasteiger partial charge on any atom is 0.168 e. The maximum absolute atomic E-state index is 11.3. The molecule has 0 bridgehead atoms. The molecular formula is C10H12O4. The Hall–Kier alpha value is -1.00. The third kappa shape index (κ3) is 1.51. The number of allylic oxidation sites excluding steroid dienone is 1. The summed E-state index contributed by atoms with van der Waals surface area (Å²) in [7, 11) is 0. The normalized spacial score (nSPS) is 35.0. The van der Waals surface area contributed by atoms with E-state index in [1.54, 1.807) is 19.9 Å². The average Bonchev–Trinajstić information content (AvgIpc) is 2.36. The molecule has 76 valence electrons. The van der Waals surface area contributed by atoms with Gasteiger partial charge in [-0.25, -0.2) is 0 Å². The number of carbonyl (C=O) groups is 2. The van der Waals surface area contributed by atoms with Gasteiger partial charge in [-0.1, -0.05) is 0 Å². The Balaban J connectivity index is 2.25. The molecule has 1 fully saturated rings. The van der Waals surface area contributed by atoms with Crippen molar-refractivity contribution in [3.8, 4) is 0 Å². The quantitative estimate of drug-likeness (QED) is 0.455. The monoisotopic (exact) mass is 196 g/mol. The summed E-state index contributed by atoms with van der Waals surface area (Å²) in [4.78, 5) is 21.9. The van der Waals surface area contributed by atoms with Crippen LogP contribution in [0.2, 0.25) is 0 Å². The number of fused-ring (bicyclic) bond motifs is 1. The van der Waals surface area contributed by atoms with Crippen molar-refractivity contribution in [3.05, 3.63) is 11.6 Å². The summed E-state index contributed by atoms with van der Waals surface area (Å²) >= 11 is 0. The van der Waals surface area contributed by atoms with Crippen LogP contribution in [0, 0.1) is 0 Å². The first kappa shape index (κ1) is 9.55. The second-order valence-corrected chi connectivity index (χ2v) is 4.01. The molecule has 1 aliphatic heterocycles. The molecule has 0 spiro atoms. The zero-order chi connectivity index (χ0) is 10.3. The van der Waals surface area contributed by atoms with Crippen molar-refractivity contribution < 1.29 is 19.1 Å². The third-order valence-corrected chi connectivity index (χ3v) is 2.40. The fraction of sp³-hybridized carbons (Fsp3) is 0.600. The Labute approximate surface area is 81.9 Å². The molecule has 4 nitrogen and oxygen atoms in total. The van der Waals surface area contributed by atoms with E-state index in [9.17, 15) is 9.59 Å². The highest BCUT2D eigenvalue weighted by Gasteiger charge is 2.43. The van der Waals surface area contributed by atoms with Crippen LogP contribution in [-0.2, 0) is 19.1 Å². The highest BCUT2D eigenvalue weighted by Crippen LogP contribution is 2.33. The van der Waals surface area contributed by atoms with Gasteiger partial charge in [-0.15, -0.1) is 0 Å². The van der Waals surface area contributed by atoms with Gasteiger partial charge in [0, 0.05) is 6.42 Å². The first-order valence-corrected chi connectivity index (χ1v) is 4.58. The average molecular weight is 196 g/mol. The molecule has 0 saturated carbocycles. The Kier molecular flexibility index (Phi) is 2.05. The van der Waals surface area contributed by atoms with Gasteiger partial charge in [-0.05, 0) is 19.9 Å². The van der Waals surface area contributed by atoms with E-state index < -0.39 is 5.79 Å². The van der Waals surface area contributed by atoms with Gasteiger partial charge in [0.1, 0.15) is 6.10 Å². The van der Waals surface area contributed by atoms with E-state index in [0.717, 1.165) is 0 Å². The molecule has 2 aliphatic rings. The molecule has 4 heteroatoms. The predicted molar refractivity (Wildman–Crippen MR) is 47.6 cm³/mol. The minimum atomic E-state index is -0.662. The van der Waals surface area contributed by atoms with E-state index in [-0.39, 0.29) is 30.0 Å². The number of aldehydes is 1. The highest BCUT2D eigenvalue weighted by molar-refractivity contribution is 6.12. The largest absolute Gasteiger partial charge is 0.344 e. The lowest BCUT2D eigenvalue weighted by Crippen LogP contribution is -2.30. The molecule has 1 heterocycles. The van der Waals surface area contributed by atoms with Crippen molar-refractivity contribution >= 4 is 12.1 Å². The van der Waals surface area contributed by atoms with Crippen molar-refractivity contribution in [2.45, 2.75) is 38.3 Å². The van der Waals surface area contributed by atoms with Crippen LogP contribution < -0.4 is 0 Å². The van der Waals surface area contributed by atoms with E-state index >= 15 is 0 Å². The predicted octanol–water partition coefficient (Wildman–Crippen LogP) is 0.605. The van der Waals surface area contributed by atoms with Crippen LogP contribution in [0.5, 0.6) is 0 Å². The van der Waals surface area contributed by atoms with Crippen LogP contribution in [0.15, 0.2) is 11.6 Å². The number of ketones is 1. The van der Waals surface area contributed by atoms with Crippen molar-refractivity contribution in [2.24, 2.45) is 0 Å². The third-order valence-electron chi connectivity index (χ3n) is 2.40. The summed E-state index contributed by atoms with van der Waals surface area (Å²) in [6.45, 7) is 3.59. The fourth-order valence-electron chi connectivity index (χ4n) is 1.84. The molecule has 0 aromatic carbocycles. The van der Waals surface area contributed by atoms with E-state index in [1.807, 2.05) is 0 Å². The molecule has 1 saturated heterocycles. The molecule has 2 atom stereocenters. The van der Waals surface area contributed by atoms with Crippen LogP contribution >= 0.6 is 0 Å². The second kappa shape index (κ2) is 3.00. The van der Waals surface area contributed by atoms with E-state index in [0.29, 0.717) is 6.29 Å². The smallest absolute Gasteiger partial charge is 0.168 e. The molecule has 0 aromatic rings. The number of ether oxygens (including phenoxy) is 2. The molecule has 0 N–H and O–H groups in total. The van der Waals surface area contributed by atoms with Gasteiger partial charge in [0.15, 0.2) is 17.9 Å². The minimum absolute atomic E-state index is 0.164. The number of Topliss-reactive ketones (excluding diaryl/α,β-unsaturated/α-hetero) is 1. The van der Waals surface area contributed by atoms with Crippen LogP contribution in [-0.4, -0.2) is 30.1 Å². The molecule has 0 aromatic heterocycles. The zero-order valence-electron chi connectivity index (χ0n) is 8.15. The van der Waals surface area contributed by atoms with E-state index in [4.69, 9.17) is 9.47 Å². The van der Waals surface area contributed by atoms with Gasteiger partial charge in [0.05, 0.1) is 11.7 Å². The molecule has 2 rings (SSSR count). The maximum atomic E-state index is 11.3. The lowest BCUT2D eigenvalue weighted by Gasteiger charge is -2.17. The zero-order valence-corrected chi connectivity index (χ0v) is 8.15. The SMILES string of the molecule is CC1(C)O[C@H]2CC(=O)C(C=O)=C[C@H]2O1. The summed E-state index contributed by atoms with van der Waals surface area (Å²) in [5.41, 5.74) is 0.201. The van der Waals surface area contributed by atoms with Crippen LogP contribution in [0.1, 0.15) is 20.3 Å². The van der Waals surface area contributed by atoms with Gasteiger partial charge in [-0.3, -0.25) is 9.59 Å². The van der Waals surface area contributed by atoms with Crippen molar-refractivity contribution in [1.82, 2.24) is 0 Å². The fourth-order valence-corrected chi connectivity index (χ4v) is 1.84. The molecular weight excluding hydrogens is 184 g/mol. The standard InChI is InChI=1S/C10H12O4/c1-10(2)13-8-3-6(5-11)7(12)4-9(8)14-10/h3,5,8-9H,4H2,1-2H3/t8-,9+/m1/s1. The number of hydrogen-bond donors (Lipinski definition) is 0. The number of rotatable bonds is 1. The topological polar surface area (TPSA) is 52.6 Å². The summed E-state index contributed by atoms with van der Waals surface area (Å²) < 4.78 is 11.0. The molecule has 0 unspecified atom stereocenters. The lowest BCUT2D eigenvalue weighted by atomic mass is 9.95. The molecule has 0 radical (unpaired) electrons. The van der Waals surface area contributed by atoms with Gasteiger partial charge < -0.3 is 9.47 Å². The molecule has 1 aliphatic carbocycles. The van der Waals surface area contributed by atoms with Gasteiger partial charge >= 0.3 is 0 Å². The van der Waals surface area contributed by atoms with Crippen molar-refractivity contribution in [2.75, 3.05) is 0 Å². The first-order valence-electron chi connectivity index (χ1n) is 4.58. The summed E-state index contributed by atoms with van der Waals surface area (Å²) in [6, 6.07) is 0. The first-order chi connectivity index (χ1) is 6.52. The van der Waals surface area contributed by atoms with Crippen LogP contribution in [0.4, 0.5) is 0 Å². The minimum Gasteiger partial charge on any atom is -0.344 e. The lowest BCUT2D eigenvalue weighted by molar-refractivity contribution is -0.144. The molecule has 14 heavy (non-hydrogen) atoms. The summed E-state index contributed by atoms with van der Waals surface area (Å²) in [6.07, 6.45) is 1.87. The Morgan fingerprint density at radius 1 is 1.50 bits per heavy atom. The van der Waals surface area contributed by atoms with E-state index in [2.05, 4.69) is 0 Å². The van der Waals surface area contributed by atoms with Crippen molar-refractivity contribution in [1.29, 1.82) is 0 Å². The summed E-state index contributed by atoms with van der Waals surface area (Å²) in [5.74, 6) is -0.827. The molecule has 0 amide bonds. The van der Waals surface area contributed by atoms with Crippen molar-refractivity contribution in [3.63, 3.8) is 0 Å². The van der Waals surface area contributed by atoms with E-state index in [1.165, 1.54) is 0 Å². The Morgan fingerprint density at radius 3 is 2.86 bits per heavy atom. The Bertz CT molecular complexity index is 316. The second-order valence-electron chi connectivity index (χ2n) is 4.01. The van der Waals surface area contributed by atoms with Gasteiger partial charge in [0.2, 0.25) is 0 Å².